The average molecular weight is 225 g/mol. The molecule has 0 spiro atoms. The molecule has 80 valence electrons. The van der Waals surface area contributed by atoms with E-state index in [2.05, 4.69) is 5.32 Å². The van der Waals surface area contributed by atoms with Crippen molar-refractivity contribution in [2.24, 2.45) is 5.92 Å². The summed E-state index contributed by atoms with van der Waals surface area (Å²) in [5.74, 6) is 0.252. The summed E-state index contributed by atoms with van der Waals surface area (Å²) in [7, 11) is 0. The third kappa shape index (κ3) is 1.47. The van der Waals surface area contributed by atoms with Crippen molar-refractivity contribution >= 4 is 23.0 Å². The molecule has 2 N–H and O–H groups in total. The molecule has 0 bridgehead atoms. The molecular weight excluding hydrogens is 214 g/mol. The Morgan fingerprint density at radius 1 is 1.60 bits per heavy atom. The summed E-state index contributed by atoms with van der Waals surface area (Å²) in [4.78, 5) is 11.2. The second kappa shape index (κ2) is 3.13. The highest BCUT2D eigenvalue weighted by Crippen LogP contribution is 2.43. The van der Waals surface area contributed by atoms with Gasteiger partial charge in [-0.25, -0.2) is 4.79 Å². The summed E-state index contributed by atoms with van der Waals surface area (Å²) >= 11 is 1.22. The second-order valence-electron chi connectivity index (χ2n) is 3.99. The first-order valence-corrected chi connectivity index (χ1v) is 5.89. The summed E-state index contributed by atoms with van der Waals surface area (Å²) in [5.41, 5.74) is 0.828. The van der Waals surface area contributed by atoms with Gasteiger partial charge in [0.1, 0.15) is 6.10 Å². The van der Waals surface area contributed by atoms with Gasteiger partial charge < -0.3 is 15.2 Å². The van der Waals surface area contributed by atoms with Gasteiger partial charge in [0.25, 0.3) is 0 Å². The molecule has 0 radical (unpaired) electrons. The van der Waals surface area contributed by atoms with Gasteiger partial charge in [-0.3, -0.25) is 0 Å². The summed E-state index contributed by atoms with van der Waals surface area (Å²) in [5, 5.41) is 14.0. The summed E-state index contributed by atoms with van der Waals surface area (Å²) < 4.78 is 5.76. The lowest BCUT2D eigenvalue weighted by Gasteiger charge is -2.25. The van der Waals surface area contributed by atoms with E-state index in [0.29, 0.717) is 16.5 Å². The number of carboxylic acids is 1. The van der Waals surface area contributed by atoms with Gasteiger partial charge in [-0.05, 0) is 18.8 Å². The van der Waals surface area contributed by atoms with E-state index in [-0.39, 0.29) is 6.10 Å². The summed E-state index contributed by atoms with van der Waals surface area (Å²) in [6.07, 6.45) is 2.56. The maximum absolute atomic E-state index is 10.9. The minimum absolute atomic E-state index is 0.158. The van der Waals surface area contributed by atoms with Gasteiger partial charge in [0.15, 0.2) is 10.6 Å². The third-order valence-electron chi connectivity index (χ3n) is 2.85. The Balaban J connectivity index is 1.91. The first kappa shape index (κ1) is 9.03. The van der Waals surface area contributed by atoms with Crippen LogP contribution in [0.4, 0.5) is 5.69 Å². The fraction of sp³-hybridized carbons (Fsp3) is 0.500. The summed E-state index contributed by atoms with van der Waals surface area (Å²) in [6, 6.07) is 0. The topological polar surface area (TPSA) is 58.6 Å². The standard InChI is InChI=1S/C10H11NO3S/c12-10(13)9-8-6(4-15-9)11-3-7(14-8)5-1-2-5/h4-5,7,11H,1-3H2,(H,12,13). The molecule has 1 unspecified atom stereocenters. The van der Waals surface area contributed by atoms with E-state index in [1.54, 1.807) is 0 Å². The molecule has 1 aliphatic carbocycles. The smallest absolute Gasteiger partial charge is 0.349 e. The van der Waals surface area contributed by atoms with Gasteiger partial charge in [-0.15, -0.1) is 11.3 Å². The molecule has 0 saturated heterocycles. The Hall–Kier alpha value is -1.23. The van der Waals surface area contributed by atoms with E-state index in [0.717, 1.165) is 12.2 Å². The van der Waals surface area contributed by atoms with Crippen molar-refractivity contribution < 1.29 is 14.6 Å². The Morgan fingerprint density at radius 2 is 2.40 bits per heavy atom. The first-order chi connectivity index (χ1) is 7.25. The number of carboxylic acid groups (broad SMARTS) is 1. The number of fused-ring (bicyclic) bond motifs is 1. The van der Waals surface area contributed by atoms with Crippen LogP contribution in [0.5, 0.6) is 5.75 Å². The van der Waals surface area contributed by atoms with Crippen LogP contribution in [0.25, 0.3) is 0 Å². The Kier molecular flexibility index (Phi) is 1.88. The number of hydrogen-bond acceptors (Lipinski definition) is 4. The number of nitrogens with one attached hydrogen (secondary N) is 1. The second-order valence-corrected chi connectivity index (χ2v) is 4.87. The van der Waals surface area contributed by atoms with Gasteiger partial charge >= 0.3 is 5.97 Å². The van der Waals surface area contributed by atoms with Crippen LogP contribution in [-0.4, -0.2) is 23.7 Å². The number of ether oxygens (including phenoxy) is 1. The van der Waals surface area contributed by atoms with Crippen LogP contribution in [0.15, 0.2) is 5.38 Å². The van der Waals surface area contributed by atoms with Crippen molar-refractivity contribution in [3.63, 3.8) is 0 Å². The zero-order valence-corrected chi connectivity index (χ0v) is 8.84. The predicted octanol–water partition coefficient (Wildman–Crippen LogP) is 2.03. The molecule has 0 amide bonds. The Morgan fingerprint density at radius 3 is 3.07 bits per heavy atom. The fourth-order valence-corrected chi connectivity index (χ4v) is 2.66. The minimum Gasteiger partial charge on any atom is -0.484 e. The van der Waals surface area contributed by atoms with Gasteiger partial charge in [-0.2, -0.15) is 0 Å². The van der Waals surface area contributed by atoms with E-state index >= 15 is 0 Å². The molecule has 1 fully saturated rings. The minimum atomic E-state index is -0.903. The molecule has 15 heavy (non-hydrogen) atoms. The summed E-state index contributed by atoms with van der Waals surface area (Å²) in [6.45, 7) is 0.799. The van der Waals surface area contributed by atoms with E-state index < -0.39 is 5.97 Å². The highest BCUT2D eigenvalue weighted by atomic mass is 32.1. The van der Waals surface area contributed by atoms with Crippen LogP contribution in [-0.2, 0) is 0 Å². The van der Waals surface area contributed by atoms with E-state index in [9.17, 15) is 4.79 Å². The molecule has 1 aromatic rings. The molecule has 3 rings (SSSR count). The lowest BCUT2D eigenvalue weighted by atomic mass is 10.2. The predicted molar refractivity (Wildman–Crippen MR) is 56.9 cm³/mol. The molecule has 1 atom stereocenters. The molecule has 1 aliphatic heterocycles. The highest BCUT2D eigenvalue weighted by molar-refractivity contribution is 7.13. The number of anilines is 1. The van der Waals surface area contributed by atoms with Crippen LogP contribution >= 0.6 is 11.3 Å². The largest absolute Gasteiger partial charge is 0.484 e. The van der Waals surface area contributed by atoms with E-state index in [4.69, 9.17) is 9.84 Å². The van der Waals surface area contributed by atoms with Crippen LogP contribution in [0.1, 0.15) is 22.5 Å². The SMILES string of the molecule is O=C(O)c1scc2c1OC(C1CC1)CN2. The number of carbonyl (C=O) groups is 1. The van der Waals surface area contributed by atoms with Crippen molar-refractivity contribution in [1.29, 1.82) is 0 Å². The Bertz CT molecular complexity index is 411. The highest BCUT2D eigenvalue weighted by Gasteiger charge is 2.37. The van der Waals surface area contributed by atoms with Crippen molar-refractivity contribution in [3.05, 3.63) is 10.3 Å². The molecular formula is C10H11NO3S. The Labute approximate surface area is 90.9 Å². The number of hydrogen-bond donors (Lipinski definition) is 2. The van der Waals surface area contributed by atoms with Crippen molar-refractivity contribution in [2.45, 2.75) is 18.9 Å². The third-order valence-corrected chi connectivity index (χ3v) is 3.80. The molecule has 2 aliphatic rings. The zero-order valence-electron chi connectivity index (χ0n) is 8.03. The van der Waals surface area contributed by atoms with Gasteiger partial charge in [0.2, 0.25) is 0 Å². The van der Waals surface area contributed by atoms with Crippen LogP contribution in [0.3, 0.4) is 0 Å². The number of aromatic carboxylic acids is 1. The monoisotopic (exact) mass is 225 g/mol. The number of rotatable bonds is 2. The molecule has 1 saturated carbocycles. The quantitative estimate of drug-likeness (QED) is 0.808. The van der Waals surface area contributed by atoms with Gasteiger partial charge in [0, 0.05) is 5.38 Å². The average Bonchev–Trinajstić information content (AvgIpc) is 2.97. The maximum Gasteiger partial charge on any atom is 0.349 e. The molecule has 5 heteroatoms. The normalized spacial score (nSPS) is 23.9. The van der Waals surface area contributed by atoms with Crippen molar-refractivity contribution in [1.82, 2.24) is 0 Å². The van der Waals surface area contributed by atoms with Gasteiger partial charge in [-0.1, -0.05) is 0 Å². The van der Waals surface area contributed by atoms with Crippen LogP contribution < -0.4 is 10.1 Å². The molecule has 1 aromatic heterocycles. The van der Waals surface area contributed by atoms with Crippen molar-refractivity contribution in [3.8, 4) is 5.75 Å². The van der Waals surface area contributed by atoms with Crippen molar-refractivity contribution in [2.75, 3.05) is 11.9 Å². The van der Waals surface area contributed by atoms with Crippen LogP contribution in [0, 0.1) is 5.92 Å². The lowest BCUT2D eigenvalue weighted by molar-refractivity contribution is 0.0694. The fourth-order valence-electron chi connectivity index (χ4n) is 1.87. The molecule has 2 heterocycles. The van der Waals surface area contributed by atoms with E-state index in [1.807, 2.05) is 5.38 Å². The lowest BCUT2D eigenvalue weighted by Crippen LogP contribution is -2.32. The van der Waals surface area contributed by atoms with E-state index in [1.165, 1.54) is 24.2 Å². The zero-order chi connectivity index (χ0) is 10.4. The first-order valence-electron chi connectivity index (χ1n) is 5.01. The number of thiophene rings is 1. The molecule has 0 aromatic carbocycles. The van der Waals surface area contributed by atoms with Crippen LogP contribution in [0.2, 0.25) is 0 Å². The molecule has 4 nitrogen and oxygen atoms in total. The maximum atomic E-state index is 10.9. The van der Waals surface area contributed by atoms with Gasteiger partial charge in [0.05, 0.1) is 12.2 Å².